The smallest absolute Gasteiger partial charge is 0.241 e. The first kappa shape index (κ1) is 21.9. The molecule has 0 radical (unpaired) electrons. The number of para-hydroxylation sites is 1. The minimum Gasteiger partial charge on any atom is -0.367 e. The van der Waals surface area contributed by atoms with Gasteiger partial charge in [0.25, 0.3) is 0 Å². The summed E-state index contributed by atoms with van der Waals surface area (Å²) in [5, 5.41) is 7.62. The maximum atomic E-state index is 13.2. The average molecular weight is 446 g/mol. The number of fused-ring (bicyclic) bond motifs is 1. The van der Waals surface area contributed by atoms with E-state index >= 15 is 0 Å². The number of hydrogen-bond donors (Lipinski definition) is 2. The summed E-state index contributed by atoms with van der Waals surface area (Å²) in [5.41, 5.74) is 2.67. The van der Waals surface area contributed by atoms with Crippen molar-refractivity contribution in [3.63, 3.8) is 0 Å². The quantitative estimate of drug-likeness (QED) is 0.462. The zero-order chi connectivity index (χ0) is 22.2. The number of thiazole rings is 1. The van der Waals surface area contributed by atoms with Crippen molar-refractivity contribution in [2.75, 3.05) is 17.2 Å². The number of anilines is 2. The summed E-state index contributed by atoms with van der Waals surface area (Å²) in [4.78, 5) is 14.2. The molecule has 2 N–H and O–H groups in total. The van der Waals surface area contributed by atoms with Gasteiger partial charge in [-0.25, -0.2) is 18.7 Å². The largest absolute Gasteiger partial charge is 0.367 e. The molecule has 5 nitrogen and oxygen atoms in total. The first-order valence-electron chi connectivity index (χ1n) is 10.7. The van der Waals surface area contributed by atoms with Crippen LogP contribution in [-0.4, -0.2) is 34.0 Å². The van der Waals surface area contributed by atoms with Gasteiger partial charge >= 0.3 is 0 Å². The van der Waals surface area contributed by atoms with Crippen LogP contribution in [0, 0.1) is 18.3 Å². The highest BCUT2D eigenvalue weighted by atomic mass is 32.1. The Morgan fingerprint density at radius 2 is 1.90 bits per heavy atom. The van der Waals surface area contributed by atoms with Crippen LogP contribution in [0.3, 0.4) is 0 Å². The van der Waals surface area contributed by atoms with E-state index in [4.69, 9.17) is 9.97 Å². The average Bonchev–Trinajstić information content (AvgIpc) is 3.32. The van der Waals surface area contributed by atoms with Gasteiger partial charge in [0, 0.05) is 18.5 Å². The minimum atomic E-state index is -2.27. The van der Waals surface area contributed by atoms with E-state index in [1.807, 2.05) is 31.2 Å². The van der Waals surface area contributed by atoms with Crippen molar-refractivity contribution in [3.05, 3.63) is 30.0 Å². The molecule has 1 fully saturated rings. The molecular formula is C23H29F2N5S. The van der Waals surface area contributed by atoms with Crippen molar-refractivity contribution in [2.24, 2.45) is 11.3 Å². The molecule has 2 heterocycles. The van der Waals surface area contributed by atoms with Gasteiger partial charge in [-0.3, -0.25) is 0 Å². The number of benzene rings is 1. The van der Waals surface area contributed by atoms with Crippen LogP contribution in [0.25, 0.3) is 20.8 Å². The van der Waals surface area contributed by atoms with E-state index < -0.39 is 12.3 Å². The second kappa shape index (κ2) is 8.65. The van der Waals surface area contributed by atoms with Crippen LogP contribution in [0.5, 0.6) is 0 Å². The van der Waals surface area contributed by atoms with Gasteiger partial charge in [0.05, 0.1) is 21.5 Å². The van der Waals surface area contributed by atoms with E-state index in [0.717, 1.165) is 33.0 Å². The van der Waals surface area contributed by atoms with Gasteiger partial charge in [-0.2, -0.15) is 4.98 Å². The van der Waals surface area contributed by atoms with Crippen LogP contribution in [0.1, 0.15) is 45.7 Å². The molecule has 0 amide bonds. The van der Waals surface area contributed by atoms with Crippen LogP contribution in [0.4, 0.5) is 20.5 Å². The molecule has 2 aromatic heterocycles. The van der Waals surface area contributed by atoms with Gasteiger partial charge in [-0.05, 0) is 43.7 Å². The third-order valence-electron chi connectivity index (χ3n) is 5.54. The standard InChI is InChI=1S/C23H29F2N5S/c1-13-18(21-29-16-7-5-6-8-17(16)31-21)20(28-15-10-9-14(11-15)19(24)25)30-22(27-13)26-12-23(2,3)4/h5-8,14-15,19H,9-12H2,1-4H3,(H2,26,27,28,30). The zero-order valence-electron chi connectivity index (χ0n) is 18.4. The Balaban J connectivity index is 1.70. The molecule has 0 bridgehead atoms. The number of alkyl halides is 2. The summed E-state index contributed by atoms with van der Waals surface area (Å²) in [6, 6.07) is 7.97. The number of halogens is 2. The summed E-state index contributed by atoms with van der Waals surface area (Å²) >= 11 is 1.59. The van der Waals surface area contributed by atoms with Crippen molar-refractivity contribution in [3.8, 4) is 10.6 Å². The third kappa shape index (κ3) is 5.11. The minimum absolute atomic E-state index is 0.0307. The summed E-state index contributed by atoms with van der Waals surface area (Å²) in [7, 11) is 0. The second-order valence-electron chi connectivity index (χ2n) is 9.51. The normalized spacial score (nSPS) is 19.3. The molecule has 166 valence electrons. The zero-order valence-corrected chi connectivity index (χ0v) is 19.2. The van der Waals surface area contributed by atoms with Crippen LogP contribution >= 0.6 is 11.3 Å². The topological polar surface area (TPSA) is 62.7 Å². The van der Waals surface area contributed by atoms with Gasteiger partial charge in [-0.15, -0.1) is 11.3 Å². The highest BCUT2D eigenvalue weighted by Gasteiger charge is 2.32. The monoisotopic (exact) mass is 445 g/mol. The predicted octanol–water partition coefficient (Wildman–Crippen LogP) is 6.37. The summed E-state index contributed by atoms with van der Waals surface area (Å²) < 4.78 is 27.5. The summed E-state index contributed by atoms with van der Waals surface area (Å²) in [6.45, 7) is 9.11. The highest BCUT2D eigenvalue weighted by Crippen LogP contribution is 2.38. The van der Waals surface area contributed by atoms with E-state index in [1.165, 1.54) is 0 Å². The van der Waals surface area contributed by atoms with Crippen molar-refractivity contribution < 1.29 is 8.78 Å². The van der Waals surface area contributed by atoms with Crippen LogP contribution < -0.4 is 10.6 Å². The molecule has 0 spiro atoms. The SMILES string of the molecule is Cc1nc(NCC(C)(C)C)nc(NC2CCC(C(F)F)C2)c1-c1nc2ccccc2s1. The Labute approximate surface area is 185 Å². The lowest BCUT2D eigenvalue weighted by atomic mass is 9.97. The lowest BCUT2D eigenvalue weighted by molar-refractivity contribution is 0.0803. The lowest BCUT2D eigenvalue weighted by Crippen LogP contribution is -2.22. The fourth-order valence-electron chi connectivity index (χ4n) is 3.91. The molecule has 1 aliphatic carbocycles. The molecule has 0 aliphatic heterocycles. The van der Waals surface area contributed by atoms with Crippen LogP contribution in [0.15, 0.2) is 24.3 Å². The highest BCUT2D eigenvalue weighted by molar-refractivity contribution is 7.21. The summed E-state index contributed by atoms with van der Waals surface area (Å²) in [5.74, 6) is 0.663. The molecule has 3 aromatic rings. The number of nitrogens with one attached hydrogen (secondary N) is 2. The Morgan fingerprint density at radius 1 is 1.13 bits per heavy atom. The van der Waals surface area contributed by atoms with E-state index in [1.54, 1.807) is 11.3 Å². The molecule has 2 unspecified atom stereocenters. The second-order valence-corrected chi connectivity index (χ2v) is 10.5. The molecule has 2 atom stereocenters. The van der Waals surface area contributed by atoms with Crippen LogP contribution in [-0.2, 0) is 0 Å². The Bertz CT molecular complexity index is 1030. The van der Waals surface area contributed by atoms with Gasteiger partial charge in [0.1, 0.15) is 10.8 Å². The van der Waals surface area contributed by atoms with E-state index in [2.05, 4.69) is 36.4 Å². The first-order chi connectivity index (χ1) is 14.7. The van der Waals surface area contributed by atoms with Crippen molar-refractivity contribution >= 4 is 33.3 Å². The molecule has 31 heavy (non-hydrogen) atoms. The Kier molecular flexibility index (Phi) is 6.10. The maximum Gasteiger partial charge on any atom is 0.241 e. The molecule has 8 heteroatoms. The van der Waals surface area contributed by atoms with E-state index in [-0.39, 0.29) is 11.5 Å². The number of aryl methyl sites for hydroxylation is 1. The predicted molar refractivity (Wildman–Crippen MR) is 124 cm³/mol. The number of nitrogens with zero attached hydrogens (tertiary/aromatic N) is 3. The van der Waals surface area contributed by atoms with E-state index in [9.17, 15) is 8.78 Å². The Hall–Kier alpha value is -2.35. The van der Waals surface area contributed by atoms with Gasteiger partial charge in [-0.1, -0.05) is 32.9 Å². The third-order valence-corrected chi connectivity index (χ3v) is 6.60. The Morgan fingerprint density at radius 3 is 2.58 bits per heavy atom. The molecule has 0 saturated heterocycles. The van der Waals surface area contributed by atoms with Crippen molar-refractivity contribution in [2.45, 2.75) is 59.4 Å². The van der Waals surface area contributed by atoms with Gasteiger partial charge < -0.3 is 10.6 Å². The maximum absolute atomic E-state index is 13.2. The first-order valence-corrected chi connectivity index (χ1v) is 11.5. The molecule has 1 aromatic carbocycles. The molecule has 4 rings (SSSR count). The molecular weight excluding hydrogens is 416 g/mol. The van der Waals surface area contributed by atoms with Gasteiger partial charge in [0.15, 0.2) is 0 Å². The number of rotatable bonds is 6. The van der Waals surface area contributed by atoms with E-state index in [0.29, 0.717) is 31.0 Å². The fourth-order valence-corrected chi connectivity index (χ4v) is 4.97. The van der Waals surface area contributed by atoms with Crippen molar-refractivity contribution in [1.29, 1.82) is 0 Å². The van der Waals surface area contributed by atoms with Crippen molar-refractivity contribution in [1.82, 2.24) is 15.0 Å². The van der Waals surface area contributed by atoms with Crippen LogP contribution in [0.2, 0.25) is 0 Å². The number of aromatic nitrogens is 3. The van der Waals surface area contributed by atoms with Gasteiger partial charge in [0.2, 0.25) is 12.4 Å². The fraction of sp³-hybridized carbons (Fsp3) is 0.522. The molecule has 1 aliphatic rings. The number of hydrogen-bond acceptors (Lipinski definition) is 6. The lowest BCUT2D eigenvalue weighted by Gasteiger charge is -2.21. The summed E-state index contributed by atoms with van der Waals surface area (Å²) in [6.07, 6.45) is -0.579. The molecule has 1 saturated carbocycles.